The second-order valence-electron chi connectivity index (χ2n) is 7.00. The van der Waals surface area contributed by atoms with Gasteiger partial charge in [-0.3, -0.25) is 4.79 Å². The number of carbonyl (C=O) groups excluding carboxylic acids is 1. The first-order chi connectivity index (χ1) is 12.2. The van der Waals surface area contributed by atoms with Crippen LogP contribution in [0, 0.1) is 28.6 Å². The highest BCUT2D eigenvalue weighted by molar-refractivity contribution is 5.76. The lowest BCUT2D eigenvalue weighted by atomic mass is 9.96. The third kappa shape index (κ3) is 3.94. The maximum Gasteiger partial charge on any atom is 0.222 e. The number of para-hydroxylation sites is 1. The van der Waals surface area contributed by atoms with Crippen molar-refractivity contribution in [2.45, 2.75) is 38.5 Å². The Morgan fingerprint density at radius 3 is 2.32 bits per heavy atom. The molecule has 1 unspecified atom stereocenters. The molecule has 2 heterocycles. The SMILES string of the molecule is N#Cc1cccc(C#N)c1N1CCCC(CC(=O)N2CCCC2)CC1. The van der Waals surface area contributed by atoms with Crippen LogP contribution in [0.4, 0.5) is 5.69 Å². The second-order valence-corrected chi connectivity index (χ2v) is 7.00. The fourth-order valence-electron chi connectivity index (χ4n) is 4.00. The fourth-order valence-corrected chi connectivity index (χ4v) is 4.00. The van der Waals surface area contributed by atoms with E-state index in [0.29, 0.717) is 29.4 Å². The van der Waals surface area contributed by atoms with E-state index in [-0.39, 0.29) is 0 Å². The Bertz CT molecular complexity index is 677. The van der Waals surface area contributed by atoms with Crippen LogP contribution in [0.1, 0.15) is 49.7 Å². The number of benzene rings is 1. The third-order valence-corrected chi connectivity index (χ3v) is 5.36. The zero-order valence-electron chi connectivity index (χ0n) is 14.6. The minimum atomic E-state index is 0.297. The maximum absolute atomic E-state index is 12.4. The number of anilines is 1. The Labute approximate surface area is 149 Å². The standard InChI is InChI=1S/C20H24N4O/c21-14-17-6-3-7-18(15-22)20(17)24-11-4-5-16(8-12-24)13-19(25)23-9-1-2-10-23/h3,6-7,16H,1-2,4-5,8-13H2. The van der Waals surface area contributed by atoms with Gasteiger partial charge < -0.3 is 9.80 Å². The molecular formula is C20H24N4O. The van der Waals surface area contributed by atoms with Crippen LogP contribution < -0.4 is 4.90 Å². The summed E-state index contributed by atoms with van der Waals surface area (Å²) in [6, 6.07) is 9.74. The van der Waals surface area contributed by atoms with Gasteiger partial charge in [0.15, 0.2) is 0 Å². The monoisotopic (exact) mass is 336 g/mol. The predicted octanol–water partition coefficient (Wildman–Crippen LogP) is 3.05. The summed E-state index contributed by atoms with van der Waals surface area (Å²) in [7, 11) is 0. The van der Waals surface area contributed by atoms with Crippen molar-refractivity contribution in [1.82, 2.24) is 4.90 Å². The molecule has 0 bridgehead atoms. The minimum absolute atomic E-state index is 0.297. The number of carbonyl (C=O) groups is 1. The van der Waals surface area contributed by atoms with Crippen molar-refractivity contribution in [3.05, 3.63) is 29.3 Å². The summed E-state index contributed by atoms with van der Waals surface area (Å²) in [6.07, 6.45) is 5.86. The average molecular weight is 336 g/mol. The van der Waals surface area contributed by atoms with E-state index >= 15 is 0 Å². The van der Waals surface area contributed by atoms with Crippen LogP contribution in [0.25, 0.3) is 0 Å². The summed E-state index contributed by atoms with van der Waals surface area (Å²) in [6.45, 7) is 3.46. The van der Waals surface area contributed by atoms with Crippen molar-refractivity contribution in [3.8, 4) is 12.1 Å². The van der Waals surface area contributed by atoms with E-state index in [2.05, 4.69) is 17.0 Å². The summed E-state index contributed by atoms with van der Waals surface area (Å²) < 4.78 is 0. The summed E-state index contributed by atoms with van der Waals surface area (Å²) >= 11 is 0. The predicted molar refractivity (Wildman–Crippen MR) is 95.9 cm³/mol. The summed E-state index contributed by atoms with van der Waals surface area (Å²) in [5, 5.41) is 18.8. The van der Waals surface area contributed by atoms with Crippen LogP contribution in [0.3, 0.4) is 0 Å². The lowest BCUT2D eigenvalue weighted by Gasteiger charge is -2.25. The number of nitrogens with zero attached hydrogens (tertiary/aromatic N) is 4. The van der Waals surface area contributed by atoms with E-state index in [4.69, 9.17) is 0 Å². The molecule has 2 saturated heterocycles. The molecule has 1 atom stereocenters. The molecule has 0 N–H and O–H groups in total. The van der Waals surface area contributed by atoms with Crippen LogP contribution in [0.5, 0.6) is 0 Å². The molecule has 0 radical (unpaired) electrons. The number of rotatable bonds is 3. The van der Waals surface area contributed by atoms with Crippen molar-refractivity contribution < 1.29 is 4.79 Å². The molecule has 5 heteroatoms. The largest absolute Gasteiger partial charge is 0.369 e. The van der Waals surface area contributed by atoms with E-state index in [9.17, 15) is 15.3 Å². The first kappa shape index (κ1) is 17.3. The second kappa shape index (κ2) is 8.03. The van der Waals surface area contributed by atoms with Gasteiger partial charge in [-0.05, 0) is 50.2 Å². The highest BCUT2D eigenvalue weighted by atomic mass is 16.2. The Morgan fingerprint density at radius 2 is 1.68 bits per heavy atom. The van der Waals surface area contributed by atoms with Crippen LogP contribution >= 0.6 is 0 Å². The zero-order valence-corrected chi connectivity index (χ0v) is 14.6. The van der Waals surface area contributed by atoms with Crippen molar-refractivity contribution in [2.24, 2.45) is 5.92 Å². The van der Waals surface area contributed by atoms with Gasteiger partial charge in [0.1, 0.15) is 12.1 Å². The van der Waals surface area contributed by atoms with Gasteiger partial charge in [0.2, 0.25) is 5.91 Å². The summed E-state index contributed by atoms with van der Waals surface area (Å²) in [5.74, 6) is 0.698. The van der Waals surface area contributed by atoms with Gasteiger partial charge in [0, 0.05) is 32.6 Å². The smallest absolute Gasteiger partial charge is 0.222 e. The van der Waals surface area contributed by atoms with Crippen molar-refractivity contribution in [1.29, 1.82) is 10.5 Å². The van der Waals surface area contributed by atoms with Gasteiger partial charge in [-0.15, -0.1) is 0 Å². The number of hydrogen-bond donors (Lipinski definition) is 0. The lowest BCUT2D eigenvalue weighted by Crippen LogP contribution is -2.30. The topological polar surface area (TPSA) is 71.1 Å². The molecule has 5 nitrogen and oxygen atoms in total. The molecule has 0 aliphatic carbocycles. The van der Waals surface area contributed by atoms with Crippen LogP contribution in [-0.4, -0.2) is 37.0 Å². The minimum Gasteiger partial charge on any atom is -0.369 e. The third-order valence-electron chi connectivity index (χ3n) is 5.36. The number of nitriles is 2. The molecule has 2 aliphatic rings. The highest BCUT2D eigenvalue weighted by Gasteiger charge is 2.25. The molecule has 0 saturated carbocycles. The number of hydrogen-bond acceptors (Lipinski definition) is 4. The molecule has 2 aliphatic heterocycles. The van der Waals surface area contributed by atoms with Crippen molar-refractivity contribution in [2.75, 3.05) is 31.1 Å². The molecule has 0 aromatic heterocycles. The average Bonchev–Trinajstić information content (AvgIpc) is 3.09. The maximum atomic E-state index is 12.4. The molecule has 2 fully saturated rings. The van der Waals surface area contributed by atoms with Crippen LogP contribution in [0.2, 0.25) is 0 Å². The Hall–Kier alpha value is -2.53. The molecule has 25 heavy (non-hydrogen) atoms. The lowest BCUT2D eigenvalue weighted by molar-refractivity contribution is -0.131. The molecule has 3 rings (SSSR count). The Morgan fingerprint density at radius 1 is 1.00 bits per heavy atom. The Balaban J connectivity index is 1.67. The highest BCUT2D eigenvalue weighted by Crippen LogP contribution is 2.30. The van der Waals surface area contributed by atoms with E-state index in [1.165, 1.54) is 0 Å². The first-order valence-electron chi connectivity index (χ1n) is 9.19. The Kier molecular flexibility index (Phi) is 5.56. The molecule has 1 aromatic rings. The zero-order chi connectivity index (χ0) is 17.6. The van der Waals surface area contributed by atoms with Gasteiger partial charge in [0.25, 0.3) is 0 Å². The number of likely N-dealkylation sites (tertiary alicyclic amines) is 1. The summed E-state index contributed by atoms with van der Waals surface area (Å²) in [5.41, 5.74) is 1.88. The van der Waals surface area contributed by atoms with Gasteiger partial charge >= 0.3 is 0 Å². The van der Waals surface area contributed by atoms with E-state index in [1.54, 1.807) is 18.2 Å². The van der Waals surface area contributed by atoms with Gasteiger partial charge in [-0.1, -0.05) is 6.07 Å². The normalized spacial score (nSPS) is 20.6. The van der Waals surface area contributed by atoms with Crippen LogP contribution in [0.15, 0.2) is 18.2 Å². The van der Waals surface area contributed by atoms with Gasteiger partial charge in [-0.2, -0.15) is 10.5 Å². The molecule has 0 spiro atoms. The summed E-state index contributed by atoms with van der Waals surface area (Å²) in [4.78, 5) is 16.6. The van der Waals surface area contributed by atoms with E-state index in [1.807, 2.05) is 4.90 Å². The van der Waals surface area contributed by atoms with Crippen LogP contribution in [-0.2, 0) is 4.79 Å². The van der Waals surface area contributed by atoms with E-state index in [0.717, 1.165) is 64.0 Å². The first-order valence-corrected chi connectivity index (χ1v) is 9.19. The van der Waals surface area contributed by atoms with Gasteiger partial charge in [-0.25, -0.2) is 0 Å². The molecular weight excluding hydrogens is 312 g/mol. The fraction of sp³-hybridized carbons (Fsp3) is 0.550. The molecule has 1 amide bonds. The number of amides is 1. The van der Waals surface area contributed by atoms with E-state index < -0.39 is 0 Å². The molecule has 1 aromatic carbocycles. The molecule has 130 valence electrons. The van der Waals surface area contributed by atoms with Crippen molar-refractivity contribution in [3.63, 3.8) is 0 Å². The van der Waals surface area contributed by atoms with Crippen molar-refractivity contribution >= 4 is 11.6 Å². The van der Waals surface area contributed by atoms with Gasteiger partial charge in [0.05, 0.1) is 16.8 Å². The quantitative estimate of drug-likeness (QED) is 0.850.